The van der Waals surface area contributed by atoms with E-state index in [1.165, 1.54) is 63.5 Å². The van der Waals surface area contributed by atoms with Gasteiger partial charge in [0.25, 0.3) is 0 Å². The first-order chi connectivity index (χ1) is 21.8. The van der Waals surface area contributed by atoms with E-state index in [2.05, 4.69) is 155 Å². The van der Waals surface area contributed by atoms with Crippen LogP contribution in [0.3, 0.4) is 0 Å². The van der Waals surface area contributed by atoms with Gasteiger partial charge < -0.3 is 9.47 Å². The number of aliphatic imine (C=N–C) groups is 1. The molecule has 0 saturated heterocycles. The maximum absolute atomic E-state index is 4.35. The number of para-hydroxylation sites is 1. The van der Waals surface area contributed by atoms with Crippen LogP contribution < -0.4 is 0 Å². The fourth-order valence-corrected chi connectivity index (χ4v) is 8.21. The second kappa shape index (κ2) is 9.80. The monoisotopic (exact) mass is 581 g/mol. The van der Waals surface area contributed by atoms with Crippen LogP contribution in [0.15, 0.2) is 145 Å². The van der Waals surface area contributed by atoms with Crippen LogP contribution in [0.25, 0.3) is 74.9 Å². The highest BCUT2D eigenvalue weighted by atomic mass is 32.1. The van der Waals surface area contributed by atoms with Gasteiger partial charge in [0.1, 0.15) is 0 Å². The number of aromatic nitrogens is 1. The zero-order valence-electron chi connectivity index (χ0n) is 23.9. The van der Waals surface area contributed by atoms with Gasteiger partial charge in [-0.05, 0) is 59.3 Å². The lowest BCUT2D eigenvalue weighted by Gasteiger charge is -2.17. The quantitative estimate of drug-likeness (QED) is 0.150. The van der Waals surface area contributed by atoms with Crippen molar-refractivity contribution in [2.75, 3.05) is 6.54 Å². The highest BCUT2D eigenvalue weighted by Gasteiger charge is 2.20. The van der Waals surface area contributed by atoms with E-state index in [0.29, 0.717) is 0 Å². The van der Waals surface area contributed by atoms with Gasteiger partial charge in [0.05, 0.1) is 16.7 Å². The molecule has 0 amide bonds. The summed E-state index contributed by atoms with van der Waals surface area (Å²) in [6, 6.07) is 39.9. The number of benzene rings is 6. The van der Waals surface area contributed by atoms with Gasteiger partial charge in [-0.3, -0.25) is 4.99 Å². The number of fused-ring (bicyclic) bond motifs is 12. The van der Waals surface area contributed by atoms with E-state index < -0.39 is 0 Å². The maximum Gasteiger partial charge on any atom is 0.0856 e. The summed E-state index contributed by atoms with van der Waals surface area (Å²) < 4.78 is 5.09. The van der Waals surface area contributed by atoms with Crippen molar-refractivity contribution < 1.29 is 0 Å². The molecule has 9 rings (SSSR count). The van der Waals surface area contributed by atoms with Gasteiger partial charge in [0.15, 0.2) is 0 Å². The summed E-state index contributed by atoms with van der Waals surface area (Å²) in [5, 5.41) is 10.6. The van der Waals surface area contributed by atoms with Gasteiger partial charge in [-0.15, -0.1) is 11.3 Å². The molecule has 0 atom stereocenters. The highest BCUT2D eigenvalue weighted by Crippen LogP contribution is 2.48. The summed E-state index contributed by atoms with van der Waals surface area (Å²) in [6.45, 7) is 4.68. The van der Waals surface area contributed by atoms with Crippen LogP contribution in [0, 0.1) is 0 Å². The molecule has 8 aromatic rings. The summed E-state index contributed by atoms with van der Waals surface area (Å²) in [7, 11) is 0. The van der Waals surface area contributed by atoms with Crippen molar-refractivity contribution in [2.24, 2.45) is 4.99 Å². The number of hydrogen-bond acceptors (Lipinski definition) is 3. The fourth-order valence-electron chi connectivity index (χ4n) is 6.95. The Kier molecular flexibility index (Phi) is 5.59. The van der Waals surface area contributed by atoms with Crippen molar-refractivity contribution >= 4 is 87.3 Å². The van der Waals surface area contributed by atoms with Gasteiger partial charge in [-0.1, -0.05) is 91.0 Å². The zero-order valence-corrected chi connectivity index (χ0v) is 24.8. The van der Waals surface area contributed by atoms with Crippen LogP contribution >= 0.6 is 11.3 Å². The molecule has 0 bridgehead atoms. The number of thiophene rings is 1. The van der Waals surface area contributed by atoms with Crippen molar-refractivity contribution in [3.63, 3.8) is 0 Å². The third kappa shape index (κ3) is 3.65. The highest BCUT2D eigenvalue weighted by molar-refractivity contribution is 7.27. The Morgan fingerprint density at radius 2 is 1.36 bits per heavy atom. The molecule has 0 spiro atoms. The van der Waals surface area contributed by atoms with Crippen LogP contribution in [0.2, 0.25) is 0 Å². The van der Waals surface area contributed by atoms with Crippen molar-refractivity contribution in [3.05, 3.63) is 145 Å². The lowest BCUT2D eigenvalue weighted by atomic mass is 9.96. The average Bonchev–Trinajstić information content (AvgIpc) is 3.64. The molecule has 2 aromatic heterocycles. The Balaban J connectivity index is 1.32. The van der Waals surface area contributed by atoms with Crippen molar-refractivity contribution in [1.29, 1.82) is 0 Å². The van der Waals surface area contributed by atoms with Gasteiger partial charge in [-0.25, -0.2) is 0 Å². The molecule has 1 aliphatic rings. The van der Waals surface area contributed by atoms with E-state index in [4.69, 9.17) is 0 Å². The van der Waals surface area contributed by atoms with Gasteiger partial charge in [-0.2, -0.15) is 0 Å². The minimum atomic E-state index is 0.825. The molecule has 44 heavy (non-hydrogen) atoms. The summed E-state index contributed by atoms with van der Waals surface area (Å²) >= 11 is 1.91. The number of allylic oxidation sites excluding steroid dienone is 2. The molecule has 0 saturated carbocycles. The van der Waals surface area contributed by atoms with Crippen LogP contribution in [0.1, 0.15) is 5.56 Å². The standard InChI is InChI=1S/C40H27N3S/c1-41-33(25-42-23-9-2-10-24-42)26-17-19-27(20-18-26)43-34-16-8-7-15-32(34)37-35(43)21-22-36-39(37)38-30-13-5-3-11-28(30)29-12-4-6-14-31(29)40(38)44-36/h2-23,25H,1,24H2/b33-25-. The third-order valence-electron chi connectivity index (χ3n) is 8.87. The van der Waals surface area contributed by atoms with E-state index in [9.17, 15) is 0 Å². The van der Waals surface area contributed by atoms with Gasteiger partial charge in [0, 0.05) is 66.5 Å². The normalized spacial score (nSPS) is 13.8. The molecule has 0 radical (unpaired) electrons. The average molecular weight is 582 g/mol. The van der Waals surface area contributed by atoms with Crippen LogP contribution in [0.5, 0.6) is 0 Å². The molecular weight excluding hydrogens is 555 g/mol. The minimum Gasteiger partial charge on any atom is -0.348 e. The smallest absolute Gasteiger partial charge is 0.0856 e. The molecule has 3 nitrogen and oxygen atoms in total. The first-order valence-electron chi connectivity index (χ1n) is 14.9. The molecule has 1 aliphatic heterocycles. The Morgan fingerprint density at radius 3 is 2.11 bits per heavy atom. The topological polar surface area (TPSA) is 20.5 Å². The van der Waals surface area contributed by atoms with E-state index in [-0.39, 0.29) is 0 Å². The first kappa shape index (κ1) is 25.1. The SMILES string of the molecule is C=N/C(=C\N1C=CC=CC1)c1ccc(-n2c3ccccc3c3c4c(ccc32)sc2c3ccccc3c3ccccc3c24)cc1. The Morgan fingerprint density at radius 1 is 0.659 bits per heavy atom. The minimum absolute atomic E-state index is 0.825. The molecule has 0 aliphatic carbocycles. The Hall–Kier alpha value is -5.45. The molecular formula is C40H27N3S. The number of nitrogens with zero attached hydrogens (tertiary/aromatic N) is 3. The van der Waals surface area contributed by atoms with Crippen molar-refractivity contribution in [1.82, 2.24) is 9.47 Å². The first-order valence-corrected chi connectivity index (χ1v) is 15.7. The van der Waals surface area contributed by atoms with E-state index in [1.807, 2.05) is 17.4 Å². The van der Waals surface area contributed by atoms with E-state index in [0.717, 1.165) is 23.5 Å². The molecule has 0 N–H and O–H groups in total. The van der Waals surface area contributed by atoms with Crippen molar-refractivity contribution in [3.8, 4) is 5.69 Å². The van der Waals surface area contributed by atoms with Crippen molar-refractivity contribution in [2.45, 2.75) is 0 Å². The van der Waals surface area contributed by atoms with Crippen LogP contribution in [-0.4, -0.2) is 22.7 Å². The van der Waals surface area contributed by atoms with Crippen LogP contribution in [-0.2, 0) is 0 Å². The lowest BCUT2D eigenvalue weighted by molar-refractivity contribution is 0.561. The fraction of sp³-hybridized carbons (Fsp3) is 0.0250. The Labute approximate surface area is 258 Å². The summed E-state index contributed by atoms with van der Waals surface area (Å²) in [5.41, 5.74) is 5.43. The predicted octanol–water partition coefficient (Wildman–Crippen LogP) is 10.8. The summed E-state index contributed by atoms with van der Waals surface area (Å²) in [5.74, 6) is 0. The van der Waals surface area contributed by atoms with Crippen LogP contribution in [0.4, 0.5) is 0 Å². The van der Waals surface area contributed by atoms with E-state index in [1.54, 1.807) is 0 Å². The summed E-state index contributed by atoms with van der Waals surface area (Å²) in [4.78, 5) is 6.47. The molecule has 3 heterocycles. The second-order valence-corrected chi connectivity index (χ2v) is 12.3. The lowest BCUT2D eigenvalue weighted by Crippen LogP contribution is -2.11. The summed E-state index contributed by atoms with van der Waals surface area (Å²) in [6.07, 6.45) is 10.3. The van der Waals surface area contributed by atoms with E-state index >= 15 is 0 Å². The molecule has 6 aromatic carbocycles. The molecule has 208 valence electrons. The zero-order chi connectivity index (χ0) is 29.2. The number of rotatable bonds is 4. The Bertz CT molecular complexity index is 2540. The third-order valence-corrected chi connectivity index (χ3v) is 10.1. The second-order valence-electron chi connectivity index (χ2n) is 11.3. The molecule has 0 fully saturated rings. The van der Waals surface area contributed by atoms with Gasteiger partial charge in [0.2, 0.25) is 0 Å². The van der Waals surface area contributed by atoms with Gasteiger partial charge >= 0.3 is 0 Å². The molecule has 0 unspecified atom stereocenters. The maximum atomic E-state index is 4.35. The number of hydrogen-bond donors (Lipinski definition) is 0. The largest absolute Gasteiger partial charge is 0.348 e. The molecule has 4 heteroatoms. The predicted molar refractivity (Wildman–Crippen MR) is 191 cm³/mol.